The number of aromatic nitrogens is 2. The molecule has 0 aromatic carbocycles. The maximum absolute atomic E-state index is 6.02. The minimum atomic E-state index is 0.319. The second-order valence-corrected chi connectivity index (χ2v) is 5.38. The maximum atomic E-state index is 6.02. The normalized spacial score (nSPS) is 25.7. The maximum Gasteiger partial charge on any atom is 0.0512 e. The minimum Gasteiger partial charge on any atom is -0.350 e. The van der Waals surface area contributed by atoms with Gasteiger partial charge in [-0.2, -0.15) is 0 Å². The van der Waals surface area contributed by atoms with Crippen molar-refractivity contribution in [1.82, 2.24) is 14.5 Å². The highest BCUT2D eigenvalue weighted by molar-refractivity contribution is 5.83. The molecular formula is C14H20N4. The van der Waals surface area contributed by atoms with Gasteiger partial charge in [0.25, 0.3) is 0 Å². The average Bonchev–Trinajstić information content (AvgIpc) is 2.68. The van der Waals surface area contributed by atoms with Gasteiger partial charge in [0.05, 0.1) is 5.52 Å². The van der Waals surface area contributed by atoms with Crippen molar-refractivity contribution < 1.29 is 0 Å². The van der Waals surface area contributed by atoms with Crippen LogP contribution in [-0.4, -0.2) is 34.1 Å². The molecule has 3 rings (SSSR count). The lowest BCUT2D eigenvalue weighted by atomic mass is 9.94. The largest absolute Gasteiger partial charge is 0.350 e. The van der Waals surface area contributed by atoms with Crippen LogP contribution >= 0.6 is 0 Å². The zero-order chi connectivity index (χ0) is 12.7. The molecule has 2 atom stereocenters. The summed E-state index contributed by atoms with van der Waals surface area (Å²) in [6, 6.07) is 2.87. The van der Waals surface area contributed by atoms with E-state index in [-0.39, 0.29) is 0 Å². The van der Waals surface area contributed by atoms with Crippen LogP contribution in [0.3, 0.4) is 0 Å². The van der Waals surface area contributed by atoms with Crippen molar-refractivity contribution >= 4 is 10.9 Å². The van der Waals surface area contributed by atoms with Crippen LogP contribution in [0.15, 0.2) is 24.7 Å². The molecule has 1 fully saturated rings. The van der Waals surface area contributed by atoms with Crippen LogP contribution in [0.2, 0.25) is 0 Å². The third kappa shape index (κ3) is 1.82. The van der Waals surface area contributed by atoms with Crippen LogP contribution < -0.4 is 5.73 Å². The fourth-order valence-electron chi connectivity index (χ4n) is 3.10. The molecule has 2 aromatic heterocycles. The first-order valence-corrected chi connectivity index (χ1v) is 6.51. The zero-order valence-electron chi connectivity index (χ0n) is 11.0. The molecule has 0 spiro atoms. The predicted octanol–water partition coefficient (Wildman–Crippen LogP) is 1.67. The molecule has 96 valence electrons. The molecule has 1 aliphatic heterocycles. The number of hydrogen-bond donors (Lipinski definition) is 1. The molecule has 4 nitrogen and oxygen atoms in total. The molecule has 0 amide bonds. The Kier molecular flexibility index (Phi) is 2.84. The summed E-state index contributed by atoms with van der Waals surface area (Å²) in [4.78, 5) is 6.64. The summed E-state index contributed by atoms with van der Waals surface area (Å²) in [6.45, 7) is 0.974. The van der Waals surface area contributed by atoms with E-state index in [1.807, 2.05) is 12.4 Å². The summed E-state index contributed by atoms with van der Waals surface area (Å²) in [5.41, 5.74) is 8.66. The van der Waals surface area contributed by atoms with Crippen LogP contribution in [0.1, 0.15) is 24.4 Å². The van der Waals surface area contributed by atoms with E-state index in [4.69, 9.17) is 5.73 Å². The van der Waals surface area contributed by atoms with Crippen molar-refractivity contribution in [3.8, 4) is 0 Å². The van der Waals surface area contributed by atoms with Crippen LogP contribution in [-0.2, 0) is 7.05 Å². The van der Waals surface area contributed by atoms with Gasteiger partial charge in [0.2, 0.25) is 0 Å². The topological polar surface area (TPSA) is 47.1 Å². The molecule has 18 heavy (non-hydrogen) atoms. The van der Waals surface area contributed by atoms with Crippen LogP contribution in [0.5, 0.6) is 0 Å². The van der Waals surface area contributed by atoms with E-state index in [2.05, 4.69) is 40.8 Å². The Bertz CT molecular complexity index is 560. The summed E-state index contributed by atoms with van der Waals surface area (Å²) >= 11 is 0. The van der Waals surface area contributed by atoms with E-state index >= 15 is 0 Å². The van der Waals surface area contributed by atoms with Gasteiger partial charge in [0.15, 0.2) is 0 Å². The summed E-state index contributed by atoms with van der Waals surface area (Å²) in [5, 5.41) is 1.27. The highest BCUT2D eigenvalue weighted by atomic mass is 15.2. The number of rotatable bonds is 1. The number of likely N-dealkylation sites (N-methyl/N-ethyl adjacent to an activating group) is 1. The van der Waals surface area contributed by atoms with Gasteiger partial charge in [-0.15, -0.1) is 0 Å². The fourth-order valence-corrected chi connectivity index (χ4v) is 3.10. The van der Waals surface area contributed by atoms with Crippen molar-refractivity contribution in [3.63, 3.8) is 0 Å². The summed E-state index contributed by atoms with van der Waals surface area (Å²) in [6.07, 6.45) is 8.31. The van der Waals surface area contributed by atoms with Gasteiger partial charge < -0.3 is 10.3 Å². The quantitative estimate of drug-likeness (QED) is 0.830. The van der Waals surface area contributed by atoms with Crippen LogP contribution in [0.4, 0.5) is 0 Å². The molecule has 2 aromatic rings. The standard InChI is InChI=1S/C14H20N4/c1-17-8-10(15)3-4-13(17)12-9-18(2)14-5-6-16-7-11(12)14/h5-7,9-10,13H,3-4,8,15H2,1-2H3. The number of piperidine rings is 1. The van der Waals surface area contributed by atoms with E-state index in [9.17, 15) is 0 Å². The highest BCUT2D eigenvalue weighted by Gasteiger charge is 2.27. The van der Waals surface area contributed by atoms with E-state index in [0.29, 0.717) is 12.1 Å². The lowest BCUT2D eigenvalue weighted by molar-refractivity contribution is 0.171. The van der Waals surface area contributed by atoms with E-state index in [1.54, 1.807) is 0 Å². The molecule has 2 unspecified atom stereocenters. The number of pyridine rings is 1. The predicted molar refractivity (Wildman–Crippen MR) is 73.3 cm³/mol. The minimum absolute atomic E-state index is 0.319. The molecule has 2 N–H and O–H groups in total. The van der Waals surface area contributed by atoms with Gasteiger partial charge >= 0.3 is 0 Å². The van der Waals surface area contributed by atoms with Gasteiger partial charge in [0.1, 0.15) is 0 Å². The number of fused-ring (bicyclic) bond motifs is 1. The Balaban J connectivity index is 2.04. The van der Waals surface area contributed by atoms with Crippen molar-refractivity contribution in [3.05, 3.63) is 30.2 Å². The second kappa shape index (κ2) is 4.37. The van der Waals surface area contributed by atoms with Gasteiger partial charge in [-0.3, -0.25) is 9.88 Å². The third-order valence-corrected chi connectivity index (χ3v) is 4.05. The molecule has 4 heteroatoms. The molecule has 0 saturated carbocycles. The SMILES string of the molecule is CN1CC(N)CCC1c1cn(C)c2ccncc12. The summed E-state index contributed by atoms with van der Waals surface area (Å²) < 4.78 is 2.19. The van der Waals surface area contributed by atoms with Crippen LogP contribution in [0, 0.1) is 0 Å². The first kappa shape index (κ1) is 11.7. The molecule has 0 radical (unpaired) electrons. The van der Waals surface area contributed by atoms with Crippen molar-refractivity contribution in [2.75, 3.05) is 13.6 Å². The second-order valence-electron chi connectivity index (χ2n) is 5.38. The van der Waals surface area contributed by atoms with E-state index in [0.717, 1.165) is 19.4 Å². The number of nitrogens with zero attached hydrogens (tertiary/aromatic N) is 3. The molecule has 1 aliphatic rings. The fraction of sp³-hybridized carbons (Fsp3) is 0.500. The Morgan fingerprint density at radius 2 is 2.17 bits per heavy atom. The lowest BCUT2D eigenvalue weighted by Crippen LogP contribution is -2.42. The van der Waals surface area contributed by atoms with Crippen molar-refractivity contribution in [2.45, 2.75) is 24.9 Å². The summed E-state index contributed by atoms with van der Waals surface area (Å²) in [7, 11) is 4.26. The number of nitrogens with two attached hydrogens (primary N) is 1. The van der Waals surface area contributed by atoms with Gasteiger partial charge in [-0.05, 0) is 31.5 Å². The average molecular weight is 244 g/mol. The third-order valence-electron chi connectivity index (χ3n) is 4.05. The molecular weight excluding hydrogens is 224 g/mol. The van der Waals surface area contributed by atoms with Crippen LogP contribution in [0.25, 0.3) is 10.9 Å². The number of likely N-dealkylation sites (tertiary alicyclic amines) is 1. The first-order valence-electron chi connectivity index (χ1n) is 6.51. The molecule has 3 heterocycles. The van der Waals surface area contributed by atoms with E-state index < -0.39 is 0 Å². The van der Waals surface area contributed by atoms with Gasteiger partial charge in [-0.1, -0.05) is 0 Å². The summed E-state index contributed by atoms with van der Waals surface area (Å²) in [5.74, 6) is 0. The molecule has 0 bridgehead atoms. The number of hydrogen-bond acceptors (Lipinski definition) is 3. The molecule has 1 saturated heterocycles. The Morgan fingerprint density at radius 1 is 1.33 bits per heavy atom. The Hall–Kier alpha value is -1.39. The van der Waals surface area contributed by atoms with Gasteiger partial charge in [0, 0.05) is 49.7 Å². The Morgan fingerprint density at radius 3 is 2.94 bits per heavy atom. The monoisotopic (exact) mass is 244 g/mol. The first-order chi connectivity index (χ1) is 8.66. The van der Waals surface area contributed by atoms with Crippen molar-refractivity contribution in [1.29, 1.82) is 0 Å². The Labute approximate surface area is 107 Å². The van der Waals surface area contributed by atoms with E-state index in [1.165, 1.54) is 16.5 Å². The zero-order valence-corrected chi connectivity index (χ0v) is 11.0. The lowest BCUT2D eigenvalue weighted by Gasteiger charge is -2.35. The molecule has 0 aliphatic carbocycles. The van der Waals surface area contributed by atoms with Crippen molar-refractivity contribution in [2.24, 2.45) is 12.8 Å². The highest BCUT2D eigenvalue weighted by Crippen LogP contribution is 2.34. The van der Waals surface area contributed by atoms with Gasteiger partial charge in [-0.25, -0.2) is 0 Å². The smallest absolute Gasteiger partial charge is 0.0512 e. The number of aryl methyl sites for hydroxylation is 1.